The summed E-state index contributed by atoms with van der Waals surface area (Å²) in [6.07, 6.45) is 1.58. The molecule has 9 heteroatoms. The van der Waals surface area contributed by atoms with Crippen molar-refractivity contribution in [3.63, 3.8) is 0 Å². The normalized spacial score (nSPS) is 11.7. The van der Waals surface area contributed by atoms with Gasteiger partial charge in [0.2, 0.25) is 5.91 Å². The van der Waals surface area contributed by atoms with Gasteiger partial charge in [-0.05, 0) is 77.9 Å². The summed E-state index contributed by atoms with van der Waals surface area (Å²) in [5.41, 5.74) is 3.03. The van der Waals surface area contributed by atoms with Crippen molar-refractivity contribution >= 4 is 70.1 Å². The van der Waals surface area contributed by atoms with Crippen molar-refractivity contribution < 1.29 is 14.4 Å². The first kappa shape index (κ1) is 31.6. The second-order valence-electron chi connectivity index (χ2n) is 9.82. The average molecular weight is 653 g/mol. The van der Waals surface area contributed by atoms with Gasteiger partial charge in [0.25, 0.3) is 11.8 Å². The van der Waals surface area contributed by atoms with Crippen molar-refractivity contribution in [1.29, 1.82) is 0 Å². The third-order valence-electron chi connectivity index (χ3n) is 6.49. The zero-order valence-electron chi connectivity index (χ0n) is 23.7. The van der Waals surface area contributed by atoms with Gasteiger partial charge in [-0.3, -0.25) is 14.4 Å². The van der Waals surface area contributed by atoms with Gasteiger partial charge in [0.1, 0.15) is 10.9 Å². The fourth-order valence-corrected chi connectivity index (χ4v) is 5.72. The van der Waals surface area contributed by atoms with Crippen LogP contribution in [0.25, 0.3) is 6.08 Å². The van der Waals surface area contributed by atoms with Crippen LogP contribution in [0.1, 0.15) is 26.7 Å². The molecule has 0 aromatic heterocycles. The molecule has 0 bridgehead atoms. The highest BCUT2D eigenvalue weighted by Crippen LogP contribution is 2.37. The fourth-order valence-electron chi connectivity index (χ4n) is 4.32. The summed E-state index contributed by atoms with van der Waals surface area (Å²) in [6.45, 7) is 0. The maximum atomic E-state index is 13.5. The van der Waals surface area contributed by atoms with E-state index in [4.69, 9.17) is 23.2 Å². The van der Waals surface area contributed by atoms with Crippen molar-refractivity contribution in [1.82, 2.24) is 5.32 Å². The summed E-state index contributed by atoms with van der Waals surface area (Å²) in [5, 5.41) is 9.04. The number of anilines is 2. The van der Waals surface area contributed by atoms with Crippen LogP contribution in [-0.2, 0) is 9.59 Å². The first-order chi connectivity index (χ1) is 21.8. The molecule has 0 saturated heterocycles. The SMILES string of the molecule is O=C(Nc1cccc(SC(C(=O)Nc2cccc(Cl)c2)c2ccccc2)c1)/C(=C/c1ccc(Cl)cc1)NC(=O)c1ccccc1. The number of benzene rings is 5. The van der Waals surface area contributed by atoms with Crippen LogP contribution in [-0.4, -0.2) is 17.7 Å². The van der Waals surface area contributed by atoms with Crippen molar-refractivity contribution in [2.75, 3.05) is 10.6 Å². The van der Waals surface area contributed by atoms with Gasteiger partial charge in [-0.2, -0.15) is 0 Å². The zero-order valence-corrected chi connectivity index (χ0v) is 26.1. The number of carbonyl (C=O) groups is 3. The van der Waals surface area contributed by atoms with E-state index in [1.807, 2.05) is 42.5 Å². The average Bonchev–Trinajstić information content (AvgIpc) is 3.05. The van der Waals surface area contributed by atoms with Gasteiger partial charge in [0, 0.05) is 31.9 Å². The molecule has 0 aliphatic carbocycles. The van der Waals surface area contributed by atoms with E-state index in [2.05, 4.69) is 16.0 Å². The van der Waals surface area contributed by atoms with Gasteiger partial charge in [0.05, 0.1) is 0 Å². The van der Waals surface area contributed by atoms with Gasteiger partial charge >= 0.3 is 0 Å². The predicted molar refractivity (Wildman–Crippen MR) is 184 cm³/mol. The Kier molecular flexibility index (Phi) is 10.7. The van der Waals surface area contributed by atoms with E-state index in [-0.39, 0.29) is 11.6 Å². The van der Waals surface area contributed by atoms with Crippen molar-refractivity contribution in [2.24, 2.45) is 0 Å². The van der Waals surface area contributed by atoms with E-state index in [0.717, 1.165) is 10.5 Å². The molecule has 45 heavy (non-hydrogen) atoms. The molecule has 224 valence electrons. The molecule has 0 aliphatic rings. The lowest BCUT2D eigenvalue weighted by molar-refractivity contribution is -0.116. The van der Waals surface area contributed by atoms with Crippen molar-refractivity contribution in [3.8, 4) is 0 Å². The zero-order chi connectivity index (χ0) is 31.6. The Hall–Kier alpha value is -4.82. The Morgan fingerprint density at radius 2 is 1.29 bits per heavy atom. The number of halogens is 2. The van der Waals surface area contributed by atoms with Crippen LogP contribution >= 0.6 is 35.0 Å². The van der Waals surface area contributed by atoms with E-state index < -0.39 is 17.1 Å². The summed E-state index contributed by atoms with van der Waals surface area (Å²) in [7, 11) is 0. The smallest absolute Gasteiger partial charge is 0.272 e. The summed E-state index contributed by atoms with van der Waals surface area (Å²) in [4.78, 5) is 40.8. The van der Waals surface area contributed by atoms with Gasteiger partial charge in [-0.15, -0.1) is 11.8 Å². The molecule has 1 unspecified atom stereocenters. The Balaban J connectivity index is 1.37. The van der Waals surface area contributed by atoms with Gasteiger partial charge < -0.3 is 16.0 Å². The maximum absolute atomic E-state index is 13.5. The molecule has 0 heterocycles. The second kappa shape index (κ2) is 15.3. The third kappa shape index (κ3) is 9.09. The molecule has 0 saturated carbocycles. The lowest BCUT2D eigenvalue weighted by atomic mass is 10.1. The lowest BCUT2D eigenvalue weighted by Gasteiger charge is -2.18. The minimum Gasteiger partial charge on any atom is -0.325 e. The minimum absolute atomic E-state index is 0.0484. The number of thioether (sulfide) groups is 1. The monoisotopic (exact) mass is 651 g/mol. The summed E-state index contributed by atoms with van der Waals surface area (Å²) >= 11 is 13.5. The van der Waals surface area contributed by atoms with E-state index in [0.29, 0.717) is 32.5 Å². The summed E-state index contributed by atoms with van der Waals surface area (Å²) in [6, 6.07) is 39.1. The molecular weight excluding hydrogens is 625 g/mol. The van der Waals surface area contributed by atoms with Crippen LogP contribution in [0.2, 0.25) is 10.0 Å². The molecule has 5 aromatic rings. The second-order valence-corrected chi connectivity index (χ2v) is 11.9. The molecule has 3 amide bonds. The van der Waals surface area contributed by atoms with Crippen LogP contribution in [0.5, 0.6) is 0 Å². The topological polar surface area (TPSA) is 87.3 Å². The molecule has 0 fully saturated rings. The number of carbonyl (C=O) groups excluding carboxylic acids is 3. The highest BCUT2D eigenvalue weighted by molar-refractivity contribution is 8.00. The van der Waals surface area contributed by atoms with E-state index in [1.165, 1.54) is 11.8 Å². The number of amides is 3. The number of hydrogen-bond acceptors (Lipinski definition) is 4. The molecule has 0 aliphatic heterocycles. The Morgan fingerprint density at radius 3 is 1.98 bits per heavy atom. The van der Waals surface area contributed by atoms with Crippen LogP contribution in [0.4, 0.5) is 11.4 Å². The van der Waals surface area contributed by atoms with Gasteiger partial charge in [-0.25, -0.2) is 0 Å². The molecule has 1 atom stereocenters. The lowest BCUT2D eigenvalue weighted by Crippen LogP contribution is -2.30. The summed E-state index contributed by atoms with van der Waals surface area (Å²) in [5.74, 6) is -1.17. The standard InChI is InChI=1S/C36H27Cl2N3O3S/c37-27-19-17-24(18-20-27)21-32(41-34(42)26-11-5-2-6-12-26)35(43)39-30-15-8-16-31(23-30)45-33(25-9-3-1-4-10-25)36(44)40-29-14-7-13-28(38)22-29/h1-23,33H,(H,39,43)(H,40,44)(H,41,42)/b32-21-. The van der Waals surface area contributed by atoms with E-state index in [1.54, 1.807) is 97.1 Å². The van der Waals surface area contributed by atoms with Crippen LogP contribution in [0.15, 0.2) is 144 Å². The molecule has 6 nitrogen and oxygen atoms in total. The Morgan fingerprint density at radius 1 is 0.644 bits per heavy atom. The highest BCUT2D eigenvalue weighted by Gasteiger charge is 2.23. The first-order valence-corrected chi connectivity index (χ1v) is 15.5. The minimum atomic E-state index is -0.596. The van der Waals surface area contributed by atoms with Crippen molar-refractivity contribution in [3.05, 3.63) is 166 Å². The number of nitrogens with one attached hydrogen (secondary N) is 3. The largest absolute Gasteiger partial charge is 0.325 e. The van der Waals surface area contributed by atoms with E-state index in [9.17, 15) is 14.4 Å². The van der Waals surface area contributed by atoms with Crippen molar-refractivity contribution in [2.45, 2.75) is 10.1 Å². The molecule has 0 radical (unpaired) electrons. The fraction of sp³-hybridized carbons (Fsp3) is 0.0278. The highest BCUT2D eigenvalue weighted by atomic mass is 35.5. The third-order valence-corrected chi connectivity index (χ3v) is 8.22. The van der Waals surface area contributed by atoms with Crippen LogP contribution < -0.4 is 16.0 Å². The summed E-state index contributed by atoms with van der Waals surface area (Å²) < 4.78 is 0. The molecular formula is C36H27Cl2N3O3S. The van der Waals surface area contributed by atoms with Crippen LogP contribution in [0, 0.1) is 0 Å². The molecule has 5 rings (SSSR count). The quantitative estimate of drug-likeness (QED) is 0.104. The maximum Gasteiger partial charge on any atom is 0.272 e. The Labute approximate surface area is 275 Å². The Bertz CT molecular complexity index is 1830. The van der Waals surface area contributed by atoms with Gasteiger partial charge in [-0.1, -0.05) is 96.0 Å². The van der Waals surface area contributed by atoms with E-state index >= 15 is 0 Å². The number of rotatable bonds is 10. The van der Waals surface area contributed by atoms with Gasteiger partial charge in [0.15, 0.2) is 0 Å². The first-order valence-electron chi connectivity index (χ1n) is 13.9. The number of hydrogen-bond donors (Lipinski definition) is 3. The predicted octanol–water partition coefficient (Wildman–Crippen LogP) is 8.88. The molecule has 3 N–H and O–H groups in total. The van der Waals surface area contributed by atoms with Crippen LogP contribution in [0.3, 0.4) is 0 Å². The molecule has 0 spiro atoms. The molecule has 5 aromatic carbocycles.